The van der Waals surface area contributed by atoms with Gasteiger partial charge in [-0.05, 0) is 52.9 Å². The van der Waals surface area contributed by atoms with E-state index >= 15 is 0 Å². The van der Waals surface area contributed by atoms with Crippen molar-refractivity contribution in [3.05, 3.63) is 101 Å². The Balaban J connectivity index is 1.37. The number of nitrogens with zero attached hydrogens (tertiary/aromatic N) is 6. The second-order valence-corrected chi connectivity index (χ2v) is 8.56. The molecule has 5 aromatic rings. The van der Waals surface area contributed by atoms with Gasteiger partial charge >= 0.3 is 0 Å². The average molecular weight is 478 g/mol. The monoisotopic (exact) mass is 477 g/mol. The number of hydrogen-bond donors (Lipinski definition) is 1. The van der Waals surface area contributed by atoms with Crippen LogP contribution >= 0.6 is 0 Å². The van der Waals surface area contributed by atoms with Crippen molar-refractivity contribution < 1.29 is 4.74 Å². The number of aromatic amines is 1. The Morgan fingerprint density at radius 2 is 1.64 bits per heavy atom. The minimum absolute atomic E-state index is 0.415. The van der Waals surface area contributed by atoms with Crippen molar-refractivity contribution in [2.75, 3.05) is 0 Å². The summed E-state index contributed by atoms with van der Waals surface area (Å²) < 4.78 is 6.29. The van der Waals surface area contributed by atoms with Crippen LogP contribution in [0.1, 0.15) is 41.6 Å². The van der Waals surface area contributed by atoms with Crippen LogP contribution in [0.3, 0.4) is 0 Å². The van der Waals surface area contributed by atoms with Crippen LogP contribution < -0.4 is 4.74 Å². The van der Waals surface area contributed by atoms with E-state index in [1.807, 2.05) is 37.3 Å². The van der Waals surface area contributed by atoms with Gasteiger partial charge in [-0.1, -0.05) is 55.5 Å². The van der Waals surface area contributed by atoms with Crippen LogP contribution in [0, 0.1) is 6.92 Å². The number of tetrazole rings is 1. The number of hydrogen-bond acceptors (Lipinski definition) is 7. The van der Waals surface area contributed by atoms with E-state index < -0.39 is 0 Å². The van der Waals surface area contributed by atoms with Crippen molar-refractivity contribution in [1.82, 2.24) is 35.6 Å². The third-order valence-electron chi connectivity index (χ3n) is 5.98. The molecule has 8 nitrogen and oxygen atoms in total. The summed E-state index contributed by atoms with van der Waals surface area (Å²) in [6, 6.07) is 20.4. The third kappa shape index (κ3) is 5.27. The lowest BCUT2D eigenvalue weighted by atomic mass is 9.98. The van der Waals surface area contributed by atoms with Gasteiger partial charge in [0.2, 0.25) is 11.7 Å². The molecule has 0 saturated heterocycles. The molecule has 36 heavy (non-hydrogen) atoms. The molecule has 0 amide bonds. The first-order valence-electron chi connectivity index (χ1n) is 12.0. The van der Waals surface area contributed by atoms with Gasteiger partial charge in [0.25, 0.3) is 0 Å². The summed E-state index contributed by atoms with van der Waals surface area (Å²) in [5.41, 5.74) is 7.20. The van der Waals surface area contributed by atoms with Gasteiger partial charge in [0.05, 0.1) is 0 Å². The van der Waals surface area contributed by atoms with Gasteiger partial charge in [-0.25, -0.2) is 4.98 Å². The number of aryl methyl sites for hydroxylation is 2. The molecule has 0 radical (unpaired) electrons. The smallest absolute Gasteiger partial charge is 0.220 e. The molecule has 0 aliphatic heterocycles. The van der Waals surface area contributed by atoms with Gasteiger partial charge in [0.15, 0.2) is 0 Å². The maximum atomic E-state index is 6.29. The molecule has 1 N–H and O–H groups in total. The number of rotatable bonds is 9. The average Bonchev–Trinajstić information content (AvgIpc) is 3.45. The Morgan fingerprint density at radius 1 is 0.861 bits per heavy atom. The van der Waals surface area contributed by atoms with Crippen molar-refractivity contribution in [1.29, 1.82) is 0 Å². The van der Waals surface area contributed by atoms with E-state index in [1.165, 1.54) is 0 Å². The van der Waals surface area contributed by atoms with Crippen LogP contribution in [-0.4, -0.2) is 35.6 Å². The van der Waals surface area contributed by atoms with Crippen molar-refractivity contribution in [3.63, 3.8) is 0 Å². The zero-order chi connectivity index (χ0) is 24.7. The highest BCUT2D eigenvalue weighted by Crippen LogP contribution is 2.30. The summed E-state index contributed by atoms with van der Waals surface area (Å²) in [6.45, 7) is 4.57. The zero-order valence-electron chi connectivity index (χ0n) is 20.3. The summed E-state index contributed by atoms with van der Waals surface area (Å²) >= 11 is 0. The van der Waals surface area contributed by atoms with Gasteiger partial charge in [0, 0.05) is 42.1 Å². The molecule has 180 valence electrons. The Morgan fingerprint density at radius 3 is 2.36 bits per heavy atom. The van der Waals surface area contributed by atoms with E-state index in [0.29, 0.717) is 24.7 Å². The lowest BCUT2D eigenvalue weighted by molar-refractivity contribution is 0.288. The molecular formula is C28H27N7O. The lowest BCUT2D eigenvalue weighted by Crippen LogP contribution is -2.08. The predicted octanol–water partition coefficient (Wildman–Crippen LogP) is 5.15. The maximum absolute atomic E-state index is 6.29. The van der Waals surface area contributed by atoms with Crippen LogP contribution in [0.5, 0.6) is 5.88 Å². The minimum atomic E-state index is 0.415. The van der Waals surface area contributed by atoms with E-state index in [9.17, 15) is 0 Å². The van der Waals surface area contributed by atoms with Gasteiger partial charge in [-0.2, -0.15) is 10.2 Å². The fourth-order valence-corrected chi connectivity index (χ4v) is 4.13. The molecule has 0 aliphatic carbocycles. The molecule has 0 aliphatic rings. The highest BCUT2D eigenvalue weighted by atomic mass is 16.5. The summed E-state index contributed by atoms with van der Waals surface area (Å²) in [5.74, 6) is 2.04. The predicted molar refractivity (Wildman–Crippen MR) is 137 cm³/mol. The third-order valence-corrected chi connectivity index (χ3v) is 5.98. The number of nitrogens with one attached hydrogen (secondary N) is 1. The normalized spacial score (nSPS) is 10.9. The van der Waals surface area contributed by atoms with Crippen LogP contribution in [0.15, 0.2) is 73.1 Å². The second-order valence-electron chi connectivity index (χ2n) is 8.56. The zero-order valence-corrected chi connectivity index (χ0v) is 20.3. The van der Waals surface area contributed by atoms with Crippen molar-refractivity contribution in [3.8, 4) is 28.4 Å². The standard InChI is InChI=1S/C28H27N7O/c1-3-6-26-30-19(2)25(17-20-13-15-29-16-14-20)28(31-26)36-18-21-9-11-22(12-10-21)23-7-4-5-8-24(23)27-32-34-35-33-27/h4-5,7-16H,3,6,17-18H2,1-2H3,(H,32,33,34,35). The molecule has 2 aromatic carbocycles. The van der Waals surface area contributed by atoms with Gasteiger partial charge in [0.1, 0.15) is 12.4 Å². The van der Waals surface area contributed by atoms with Crippen LogP contribution in [0.4, 0.5) is 0 Å². The summed E-state index contributed by atoms with van der Waals surface area (Å²) in [6.07, 6.45) is 6.10. The first kappa shape index (κ1) is 23.3. The highest BCUT2D eigenvalue weighted by molar-refractivity contribution is 5.80. The van der Waals surface area contributed by atoms with E-state index in [4.69, 9.17) is 14.7 Å². The van der Waals surface area contributed by atoms with E-state index in [2.05, 4.69) is 62.9 Å². The molecule has 0 fully saturated rings. The van der Waals surface area contributed by atoms with Crippen LogP contribution in [0.2, 0.25) is 0 Å². The van der Waals surface area contributed by atoms with Crippen molar-refractivity contribution >= 4 is 0 Å². The number of pyridine rings is 1. The minimum Gasteiger partial charge on any atom is -0.472 e. The largest absolute Gasteiger partial charge is 0.472 e. The van der Waals surface area contributed by atoms with Gasteiger partial charge in [-0.3, -0.25) is 4.98 Å². The Kier molecular flexibility index (Phi) is 7.02. The number of aromatic nitrogens is 7. The molecule has 3 heterocycles. The van der Waals surface area contributed by atoms with Crippen LogP contribution in [0.25, 0.3) is 22.5 Å². The first-order valence-corrected chi connectivity index (χ1v) is 12.0. The van der Waals surface area contributed by atoms with Gasteiger partial charge < -0.3 is 4.74 Å². The lowest BCUT2D eigenvalue weighted by Gasteiger charge is -2.15. The first-order chi connectivity index (χ1) is 17.7. The van der Waals surface area contributed by atoms with Crippen LogP contribution in [-0.2, 0) is 19.4 Å². The number of benzene rings is 2. The van der Waals surface area contributed by atoms with E-state index in [1.54, 1.807) is 12.4 Å². The molecular weight excluding hydrogens is 450 g/mol. The Bertz CT molecular complexity index is 1420. The fraction of sp³-hybridized carbons (Fsp3) is 0.214. The molecule has 8 heteroatoms. The van der Waals surface area contributed by atoms with E-state index in [0.717, 1.165) is 57.7 Å². The second kappa shape index (κ2) is 10.9. The molecule has 0 unspecified atom stereocenters. The number of H-pyrrole nitrogens is 1. The quantitative estimate of drug-likeness (QED) is 0.313. The summed E-state index contributed by atoms with van der Waals surface area (Å²) in [5, 5.41) is 14.5. The molecule has 0 bridgehead atoms. The highest BCUT2D eigenvalue weighted by Gasteiger charge is 2.15. The SMILES string of the molecule is CCCc1nc(C)c(Cc2ccncc2)c(OCc2ccc(-c3ccccc3-c3nn[nH]n3)cc2)n1. The van der Waals surface area contributed by atoms with Crippen molar-refractivity contribution in [2.24, 2.45) is 0 Å². The topological polar surface area (TPSA) is 102 Å². The number of ether oxygens (including phenoxy) is 1. The molecule has 0 spiro atoms. The molecule has 0 saturated carbocycles. The summed E-state index contributed by atoms with van der Waals surface area (Å²) in [7, 11) is 0. The van der Waals surface area contributed by atoms with Crippen molar-refractivity contribution in [2.45, 2.75) is 39.7 Å². The Hall–Kier alpha value is -4.46. The van der Waals surface area contributed by atoms with E-state index in [-0.39, 0.29) is 0 Å². The Labute approximate surface area is 209 Å². The molecule has 3 aromatic heterocycles. The molecule has 0 atom stereocenters. The summed E-state index contributed by atoms with van der Waals surface area (Å²) in [4.78, 5) is 13.6. The maximum Gasteiger partial charge on any atom is 0.220 e. The van der Waals surface area contributed by atoms with Gasteiger partial charge in [-0.15, -0.1) is 10.2 Å². The molecule has 5 rings (SSSR count). The fourth-order valence-electron chi connectivity index (χ4n) is 4.13.